The normalized spacial score (nSPS) is 15.7. The van der Waals surface area contributed by atoms with Crippen LogP contribution in [-0.4, -0.2) is 55.1 Å². The van der Waals surface area contributed by atoms with Gasteiger partial charge in [0.15, 0.2) is 0 Å². The molecule has 8 heteroatoms. The number of piperazine rings is 1. The number of ether oxygens (including phenoxy) is 1. The van der Waals surface area contributed by atoms with Crippen LogP contribution >= 0.6 is 0 Å². The van der Waals surface area contributed by atoms with Crippen molar-refractivity contribution < 1.29 is 14.5 Å². The van der Waals surface area contributed by atoms with Gasteiger partial charge in [-0.2, -0.15) is 0 Å². The summed E-state index contributed by atoms with van der Waals surface area (Å²) in [7, 11) is 1.64. The van der Waals surface area contributed by atoms with Crippen molar-refractivity contribution in [2.24, 2.45) is 0 Å². The van der Waals surface area contributed by atoms with E-state index in [1.54, 1.807) is 25.3 Å². The molecule has 0 unspecified atom stereocenters. The van der Waals surface area contributed by atoms with Gasteiger partial charge in [-0.25, -0.2) is 0 Å². The molecule has 2 aromatic rings. The summed E-state index contributed by atoms with van der Waals surface area (Å²) in [4.78, 5) is 27.6. The first-order chi connectivity index (χ1) is 13.5. The molecule has 0 bridgehead atoms. The number of carbonyl (C=O) groups is 1. The van der Waals surface area contributed by atoms with Gasteiger partial charge in [0.25, 0.3) is 5.69 Å². The summed E-state index contributed by atoms with van der Waals surface area (Å²) < 4.78 is 5.19. The van der Waals surface area contributed by atoms with E-state index in [9.17, 15) is 14.9 Å². The van der Waals surface area contributed by atoms with E-state index in [2.05, 4.69) is 15.1 Å². The van der Waals surface area contributed by atoms with Gasteiger partial charge in [0, 0.05) is 37.9 Å². The molecule has 0 spiro atoms. The average Bonchev–Trinajstić information content (AvgIpc) is 2.73. The highest BCUT2D eigenvalue weighted by atomic mass is 16.6. The Morgan fingerprint density at radius 3 is 2.36 bits per heavy atom. The number of nitrogens with one attached hydrogen (secondary N) is 1. The molecule has 148 valence electrons. The molecular formula is C20H24N4O4. The van der Waals surface area contributed by atoms with Gasteiger partial charge in [-0.1, -0.05) is 12.1 Å². The molecule has 3 rings (SSSR count). The molecule has 28 heavy (non-hydrogen) atoms. The number of hydrogen-bond donors (Lipinski definition) is 1. The van der Waals surface area contributed by atoms with Crippen molar-refractivity contribution in [2.45, 2.75) is 13.0 Å². The smallest absolute Gasteiger partial charge is 0.292 e. The molecule has 0 radical (unpaired) electrons. The van der Waals surface area contributed by atoms with Gasteiger partial charge in [0.05, 0.1) is 18.1 Å². The van der Waals surface area contributed by atoms with Gasteiger partial charge in [-0.3, -0.25) is 19.8 Å². The van der Waals surface area contributed by atoms with Crippen LogP contribution in [0, 0.1) is 10.1 Å². The fraction of sp³-hybridized carbons (Fsp3) is 0.350. The van der Waals surface area contributed by atoms with Crippen LogP contribution in [0.1, 0.15) is 6.92 Å². The Hall–Kier alpha value is -3.13. The standard InChI is InChI=1S/C20H24N4O4/c1-15(20(25)21-18-5-3-4-6-19(18)24(26)27)22-11-13-23(14-12-22)16-7-9-17(28-2)10-8-16/h3-10,15H,11-14H2,1-2H3,(H,21,25)/t15-/m0/s1. The van der Waals surface area contributed by atoms with Crippen molar-refractivity contribution in [1.82, 2.24) is 4.90 Å². The molecule has 1 aliphatic heterocycles. The first-order valence-corrected chi connectivity index (χ1v) is 9.17. The maximum absolute atomic E-state index is 12.6. The highest BCUT2D eigenvalue weighted by Crippen LogP contribution is 2.24. The summed E-state index contributed by atoms with van der Waals surface area (Å²) in [6, 6.07) is 13.7. The molecule has 8 nitrogen and oxygen atoms in total. The lowest BCUT2D eigenvalue weighted by atomic mass is 10.2. The molecule has 1 atom stereocenters. The summed E-state index contributed by atoms with van der Waals surface area (Å²) in [6.07, 6.45) is 0. The third-order valence-corrected chi connectivity index (χ3v) is 5.04. The van der Waals surface area contributed by atoms with Crippen LogP contribution in [0.5, 0.6) is 5.75 Å². The molecule has 1 amide bonds. The van der Waals surface area contributed by atoms with Gasteiger partial charge >= 0.3 is 0 Å². The predicted octanol–water partition coefficient (Wildman–Crippen LogP) is 2.75. The molecule has 0 aromatic heterocycles. The number of anilines is 2. The molecule has 1 saturated heterocycles. The monoisotopic (exact) mass is 384 g/mol. The van der Waals surface area contributed by atoms with Crippen LogP contribution < -0.4 is 15.0 Å². The molecule has 1 N–H and O–H groups in total. The summed E-state index contributed by atoms with van der Waals surface area (Å²) >= 11 is 0. The van der Waals surface area contributed by atoms with Crippen molar-refractivity contribution in [1.29, 1.82) is 0 Å². The van der Waals surface area contributed by atoms with Crippen molar-refractivity contribution >= 4 is 23.0 Å². The molecule has 1 aliphatic rings. The van der Waals surface area contributed by atoms with E-state index in [4.69, 9.17) is 4.74 Å². The minimum absolute atomic E-state index is 0.104. The number of para-hydroxylation sites is 2. The number of nitro groups is 1. The van der Waals surface area contributed by atoms with Gasteiger partial charge in [0.2, 0.25) is 5.91 Å². The molecular weight excluding hydrogens is 360 g/mol. The third kappa shape index (κ3) is 4.40. The predicted molar refractivity (Wildman–Crippen MR) is 108 cm³/mol. The molecule has 0 saturated carbocycles. The van der Waals surface area contributed by atoms with E-state index in [0.717, 1.165) is 37.6 Å². The number of rotatable bonds is 6. The van der Waals surface area contributed by atoms with Crippen LogP contribution in [-0.2, 0) is 4.79 Å². The summed E-state index contributed by atoms with van der Waals surface area (Å²) in [5.74, 6) is 0.579. The number of benzene rings is 2. The number of hydrogen-bond acceptors (Lipinski definition) is 6. The van der Waals surface area contributed by atoms with Crippen molar-refractivity contribution in [3.63, 3.8) is 0 Å². The maximum atomic E-state index is 12.6. The topological polar surface area (TPSA) is 88.0 Å². The first-order valence-electron chi connectivity index (χ1n) is 9.17. The van der Waals surface area contributed by atoms with Crippen LogP contribution in [0.2, 0.25) is 0 Å². The Labute approximate surface area is 163 Å². The Morgan fingerprint density at radius 2 is 1.75 bits per heavy atom. The van der Waals surface area contributed by atoms with Crippen molar-refractivity contribution in [2.75, 3.05) is 43.5 Å². The van der Waals surface area contributed by atoms with Crippen LogP contribution in [0.4, 0.5) is 17.1 Å². The Morgan fingerprint density at radius 1 is 1.11 bits per heavy atom. The fourth-order valence-electron chi connectivity index (χ4n) is 3.30. The molecule has 2 aromatic carbocycles. The number of nitrogens with zero attached hydrogens (tertiary/aromatic N) is 3. The second kappa shape index (κ2) is 8.71. The Bertz CT molecular complexity index is 832. The largest absolute Gasteiger partial charge is 0.497 e. The quantitative estimate of drug-likeness (QED) is 0.609. The van der Waals surface area contributed by atoms with E-state index in [1.165, 1.54) is 6.07 Å². The third-order valence-electron chi connectivity index (χ3n) is 5.04. The van der Waals surface area contributed by atoms with Gasteiger partial charge in [0.1, 0.15) is 11.4 Å². The van der Waals surface area contributed by atoms with Crippen molar-refractivity contribution in [3.8, 4) is 5.75 Å². The average molecular weight is 384 g/mol. The van der Waals surface area contributed by atoms with E-state index < -0.39 is 4.92 Å². The lowest BCUT2D eigenvalue weighted by molar-refractivity contribution is -0.383. The van der Waals surface area contributed by atoms with Crippen LogP contribution in [0.15, 0.2) is 48.5 Å². The van der Waals surface area contributed by atoms with E-state index in [0.29, 0.717) is 0 Å². The summed E-state index contributed by atoms with van der Waals surface area (Å²) in [6.45, 7) is 4.90. The minimum atomic E-state index is -0.492. The number of carbonyl (C=O) groups excluding carboxylic acids is 1. The Kier molecular flexibility index (Phi) is 6.10. The number of methoxy groups -OCH3 is 1. The fourth-order valence-corrected chi connectivity index (χ4v) is 3.30. The first kappa shape index (κ1) is 19.6. The number of amides is 1. The van der Waals surface area contributed by atoms with Crippen LogP contribution in [0.3, 0.4) is 0 Å². The second-order valence-corrected chi connectivity index (χ2v) is 6.66. The van der Waals surface area contributed by atoms with E-state index in [-0.39, 0.29) is 23.3 Å². The molecule has 0 aliphatic carbocycles. The molecule has 1 heterocycles. The zero-order valence-corrected chi connectivity index (χ0v) is 16.0. The van der Waals surface area contributed by atoms with Crippen molar-refractivity contribution in [3.05, 3.63) is 58.6 Å². The van der Waals surface area contributed by atoms with Gasteiger partial charge in [-0.05, 0) is 37.3 Å². The summed E-state index contributed by atoms with van der Waals surface area (Å²) in [5.41, 5.74) is 1.24. The SMILES string of the molecule is COc1ccc(N2CCN([C@@H](C)C(=O)Nc3ccccc3[N+](=O)[O-])CC2)cc1. The summed E-state index contributed by atoms with van der Waals surface area (Å²) in [5, 5.41) is 13.8. The maximum Gasteiger partial charge on any atom is 0.292 e. The van der Waals surface area contributed by atoms with E-state index in [1.807, 2.05) is 31.2 Å². The van der Waals surface area contributed by atoms with E-state index >= 15 is 0 Å². The zero-order valence-electron chi connectivity index (χ0n) is 16.0. The molecule has 1 fully saturated rings. The Balaban J connectivity index is 1.58. The highest BCUT2D eigenvalue weighted by molar-refractivity contribution is 5.96. The second-order valence-electron chi connectivity index (χ2n) is 6.66. The highest BCUT2D eigenvalue weighted by Gasteiger charge is 2.27. The minimum Gasteiger partial charge on any atom is -0.497 e. The van der Waals surface area contributed by atoms with Gasteiger partial charge < -0.3 is 15.0 Å². The zero-order chi connectivity index (χ0) is 20.1. The lowest BCUT2D eigenvalue weighted by Gasteiger charge is -2.38. The number of nitro benzene ring substituents is 1. The lowest BCUT2D eigenvalue weighted by Crippen LogP contribution is -2.52. The van der Waals surface area contributed by atoms with Gasteiger partial charge in [-0.15, -0.1) is 0 Å². The van der Waals surface area contributed by atoms with Crippen LogP contribution in [0.25, 0.3) is 0 Å².